The van der Waals surface area contributed by atoms with E-state index in [0.717, 1.165) is 0 Å². The highest BCUT2D eigenvalue weighted by atomic mass is 32.2. The largest absolute Gasteiger partial charge is 0.453 e. The average molecular weight is 286 g/mol. The molecule has 0 heterocycles. The number of primary sulfonamides is 1. The van der Waals surface area contributed by atoms with E-state index in [9.17, 15) is 18.0 Å². The molecule has 1 unspecified atom stereocenters. The van der Waals surface area contributed by atoms with Crippen LogP contribution in [-0.2, 0) is 24.3 Å². The standard InChI is InChI=1S/C11H14N2O5S/c1-7(18-8(2)14)11(15)13-9-3-5-10(6-4-9)19(12,16)17/h3-7H,1-2H3,(H,13,15)(H2,12,16,17). The van der Waals surface area contributed by atoms with E-state index in [1.807, 2.05) is 0 Å². The Labute approximate surface area is 110 Å². The van der Waals surface area contributed by atoms with Gasteiger partial charge in [-0.25, -0.2) is 13.6 Å². The molecule has 0 spiro atoms. The lowest BCUT2D eigenvalue weighted by Crippen LogP contribution is -2.29. The molecule has 0 radical (unpaired) electrons. The van der Waals surface area contributed by atoms with Gasteiger partial charge in [0.2, 0.25) is 10.0 Å². The second-order valence-electron chi connectivity index (χ2n) is 3.81. The molecule has 3 N–H and O–H groups in total. The lowest BCUT2D eigenvalue weighted by Gasteiger charge is -2.12. The number of esters is 1. The maximum absolute atomic E-state index is 11.6. The maximum Gasteiger partial charge on any atom is 0.303 e. The first-order valence-corrected chi connectivity index (χ1v) is 6.85. The second-order valence-corrected chi connectivity index (χ2v) is 5.37. The molecule has 19 heavy (non-hydrogen) atoms. The predicted octanol–water partition coefficient (Wildman–Crippen LogP) is 0.224. The quantitative estimate of drug-likeness (QED) is 0.768. The Morgan fingerprint density at radius 3 is 2.21 bits per heavy atom. The third-order valence-electron chi connectivity index (χ3n) is 2.16. The maximum atomic E-state index is 11.6. The van der Waals surface area contributed by atoms with E-state index in [-0.39, 0.29) is 4.90 Å². The van der Waals surface area contributed by atoms with Crippen molar-refractivity contribution in [3.63, 3.8) is 0 Å². The van der Waals surface area contributed by atoms with Crippen molar-refractivity contribution < 1.29 is 22.7 Å². The van der Waals surface area contributed by atoms with Crippen molar-refractivity contribution in [1.29, 1.82) is 0 Å². The summed E-state index contributed by atoms with van der Waals surface area (Å²) < 4.78 is 26.8. The molecule has 1 rings (SSSR count). The number of rotatable bonds is 4. The highest BCUT2D eigenvalue weighted by Gasteiger charge is 2.16. The molecule has 0 aromatic heterocycles. The summed E-state index contributed by atoms with van der Waals surface area (Å²) in [5, 5.41) is 7.41. The van der Waals surface area contributed by atoms with Crippen molar-refractivity contribution >= 4 is 27.6 Å². The number of carbonyl (C=O) groups is 2. The van der Waals surface area contributed by atoms with Crippen LogP contribution < -0.4 is 10.5 Å². The summed E-state index contributed by atoms with van der Waals surface area (Å²) in [6.45, 7) is 2.63. The monoisotopic (exact) mass is 286 g/mol. The van der Waals surface area contributed by atoms with Crippen LogP contribution in [0, 0.1) is 0 Å². The molecule has 0 aliphatic heterocycles. The van der Waals surface area contributed by atoms with Gasteiger partial charge >= 0.3 is 5.97 Å². The number of carbonyl (C=O) groups excluding carboxylic acids is 2. The molecular formula is C11H14N2O5S. The number of nitrogens with one attached hydrogen (secondary N) is 1. The van der Waals surface area contributed by atoms with Gasteiger partial charge in [0.05, 0.1) is 4.90 Å². The Morgan fingerprint density at radius 1 is 1.26 bits per heavy atom. The lowest BCUT2D eigenvalue weighted by atomic mass is 10.3. The van der Waals surface area contributed by atoms with Crippen molar-refractivity contribution in [1.82, 2.24) is 0 Å². The fourth-order valence-electron chi connectivity index (χ4n) is 1.27. The van der Waals surface area contributed by atoms with Gasteiger partial charge in [-0.1, -0.05) is 0 Å². The van der Waals surface area contributed by atoms with Crippen LogP contribution in [0.25, 0.3) is 0 Å². The first-order chi connectivity index (χ1) is 8.70. The number of hydrogen-bond donors (Lipinski definition) is 2. The van der Waals surface area contributed by atoms with Crippen LogP contribution in [0.5, 0.6) is 0 Å². The van der Waals surface area contributed by atoms with E-state index in [1.165, 1.54) is 38.1 Å². The Morgan fingerprint density at radius 2 is 1.79 bits per heavy atom. The van der Waals surface area contributed by atoms with Crippen LogP contribution in [0.3, 0.4) is 0 Å². The minimum absolute atomic E-state index is 0.0569. The van der Waals surface area contributed by atoms with Gasteiger partial charge in [0.15, 0.2) is 6.10 Å². The first-order valence-electron chi connectivity index (χ1n) is 5.31. The molecule has 1 atom stereocenters. The zero-order valence-corrected chi connectivity index (χ0v) is 11.2. The van der Waals surface area contributed by atoms with Crippen molar-refractivity contribution in [3.05, 3.63) is 24.3 Å². The molecular weight excluding hydrogens is 272 g/mol. The summed E-state index contributed by atoms with van der Waals surface area (Å²) in [6, 6.07) is 5.30. The van der Waals surface area contributed by atoms with Crippen molar-refractivity contribution in [2.24, 2.45) is 5.14 Å². The number of sulfonamides is 1. The van der Waals surface area contributed by atoms with Crippen LogP contribution in [0.4, 0.5) is 5.69 Å². The van der Waals surface area contributed by atoms with Crippen LogP contribution in [-0.4, -0.2) is 26.4 Å². The SMILES string of the molecule is CC(=O)OC(C)C(=O)Nc1ccc(S(N)(=O)=O)cc1. The third-order valence-corrected chi connectivity index (χ3v) is 3.09. The zero-order chi connectivity index (χ0) is 14.6. The van der Waals surface area contributed by atoms with Gasteiger partial charge in [-0.3, -0.25) is 9.59 Å². The molecule has 0 aliphatic carbocycles. The van der Waals surface area contributed by atoms with E-state index in [1.54, 1.807) is 0 Å². The second kappa shape index (κ2) is 5.81. The van der Waals surface area contributed by atoms with Gasteiger partial charge in [0.25, 0.3) is 5.91 Å². The average Bonchev–Trinajstić information content (AvgIpc) is 2.27. The summed E-state index contributed by atoms with van der Waals surface area (Å²) in [4.78, 5) is 22.2. The Kier molecular flexibility index (Phi) is 4.62. The number of amides is 1. The molecule has 104 valence electrons. The van der Waals surface area contributed by atoms with Gasteiger partial charge in [-0.15, -0.1) is 0 Å². The van der Waals surface area contributed by atoms with E-state index in [2.05, 4.69) is 5.32 Å². The topological polar surface area (TPSA) is 116 Å². The number of anilines is 1. The summed E-state index contributed by atoms with van der Waals surface area (Å²) in [5.41, 5.74) is 0.372. The molecule has 1 aromatic rings. The highest BCUT2D eigenvalue weighted by Crippen LogP contribution is 2.13. The van der Waals surface area contributed by atoms with E-state index >= 15 is 0 Å². The van der Waals surface area contributed by atoms with E-state index in [4.69, 9.17) is 9.88 Å². The zero-order valence-electron chi connectivity index (χ0n) is 10.4. The molecule has 8 heteroatoms. The molecule has 7 nitrogen and oxygen atoms in total. The van der Waals surface area contributed by atoms with Crippen molar-refractivity contribution in [2.75, 3.05) is 5.32 Å². The van der Waals surface area contributed by atoms with Gasteiger partial charge in [-0.2, -0.15) is 0 Å². The third kappa shape index (κ3) is 4.68. The highest BCUT2D eigenvalue weighted by molar-refractivity contribution is 7.89. The summed E-state index contributed by atoms with van der Waals surface area (Å²) in [7, 11) is -3.76. The van der Waals surface area contributed by atoms with Crippen LogP contribution in [0.1, 0.15) is 13.8 Å². The fourth-order valence-corrected chi connectivity index (χ4v) is 1.79. The predicted molar refractivity (Wildman–Crippen MR) is 67.7 cm³/mol. The van der Waals surface area contributed by atoms with Crippen molar-refractivity contribution in [3.8, 4) is 0 Å². The normalized spacial score (nSPS) is 12.6. The molecule has 1 amide bonds. The minimum atomic E-state index is -3.76. The first kappa shape index (κ1) is 15.1. The van der Waals surface area contributed by atoms with Crippen molar-refractivity contribution in [2.45, 2.75) is 24.8 Å². The molecule has 0 bridgehead atoms. The lowest BCUT2D eigenvalue weighted by molar-refractivity contribution is -0.150. The Balaban J connectivity index is 2.73. The summed E-state index contributed by atoms with van der Waals surface area (Å²) in [5.74, 6) is -1.08. The number of hydrogen-bond acceptors (Lipinski definition) is 5. The minimum Gasteiger partial charge on any atom is -0.453 e. The molecule has 0 aliphatic rings. The molecule has 0 saturated carbocycles. The van der Waals surface area contributed by atoms with Gasteiger partial charge < -0.3 is 10.1 Å². The Bertz CT molecular complexity index is 580. The van der Waals surface area contributed by atoms with Gasteiger partial charge in [-0.05, 0) is 31.2 Å². The van der Waals surface area contributed by atoms with Crippen LogP contribution >= 0.6 is 0 Å². The Hall–Kier alpha value is -1.93. The summed E-state index contributed by atoms with van der Waals surface area (Å²) >= 11 is 0. The van der Waals surface area contributed by atoms with E-state index < -0.39 is 28.0 Å². The molecule has 0 fully saturated rings. The van der Waals surface area contributed by atoms with Gasteiger partial charge in [0.1, 0.15) is 0 Å². The smallest absolute Gasteiger partial charge is 0.303 e. The molecule has 0 saturated heterocycles. The van der Waals surface area contributed by atoms with Gasteiger partial charge in [0, 0.05) is 12.6 Å². The van der Waals surface area contributed by atoms with Crippen LogP contribution in [0.2, 0.25) is 0 Å². The van der Waals surface area contributed by atoms with E-state index in [0.29, 0.717) is 5.69 Å². The fraction of sp³-hybridized carbons (Fsp3) is 0.273. The number of ether oxygens (including phenoxy) is 1. The van der Waals surface area contributed by atoms with Crippen LogP contribution in [0.15, 0.2) is 29.2 Å². The number of nitrogens with two attached hydrogens (primary N) is 1. The molecule has 1 aromatic carbocycles. The number of benzene rings is 1. The summed E-state index contributed by atoms with van der Waals surface area (Å²) in [6.07, 6.45) is -0.935.